The molecule has 1 unspecified atom stereocenters. The third kappa shape index (κ3) is 4.93. The van der Waals surface area contributed by atoms with Gasteiger partial charge in [0.1, 0.15) is 4.88 Å². The Morgan fingerprint density at radius 2 is 1.96 bits per heavy atom. The van der Waals surface area contributed by atoms with E-state index in [9.17, 15) is 9.59 Å². The lowest BCUT2D eigenvalue weighted by atomic mass is 10.1. The Balaban J connectivity index is 1.95. The van der Waals surface area contributed by atoms with Gasteiger partial charge in [0, 0.05) is 11.6 Å². The second-order valence-corrected chi connectivity index (χ2v) is 6.28. The highest BCUT2D eigenvalue weighted by molar-refractivity contribution is 7.12. The fourth-order valence-electron chi connectivity index (χ4n) is 2.33. The maximum Gasteiger partial charge on any atom is 0.349 e. The van der Waals surface area contributed by atoms with Crippen LogP contribution >= 0.6 is 11.3 Å². The predicted molar refractivity (Wildman–Crippen MR) is 92.6 cm³/mol. The number of ether oxygens (including phenoxy) is 1. The molecule has 1 N–H and O–H groups in total. The average molecular weight is 331 g/mol. The highest BCUT2D eigenvalue weighted by Crippen LogP contribution is 2.28. The third-order valence-corrected chi connectivity index (χ3v) is 4.29. The topological polar surface area (TPSA) is 55.4 Å². The third-order valence-electron chi connectivity index (χ3n) is 3.40. The quantitative estimate of drug-likeness (QED) is 0.783. The summed E-state index contributed by atoms with van der Waals surface area (Å²) in [4.78, 5) is 24.5. The molecule has 122 valence electrons. The summed E-state index contributed by atoms with van der Waals surface area (Å²) in [6.07, 6.45) is 1.90. The number of esters is 1. The first kappa shape index (κ1) is 17.2. The van der Waals surface area contributed by atoms with E-state index in [-0.39, 0.29) is 18.6 Å². The number of benzene rings is 1. The minimum atomic E-state index is -0.461. The zero-order valence-electron chi connectivity index (χ0n) is 13.4. The zero-order valence-corrected chi connectivity index (χ0v) is 14.2. The van der Waals surface area contributed by atoms with Gasteiger partial charge in [0.15, 0.2) is 6.61 Å². The average Bonchev–Trinajstić information content (AvgIpc) is 3.03. The predicted octanol–water partition coefficient (Wildman–Crippen LogP) is 3.88. The molecule has 23 heavy (non-hydrogen) atoms. The van der Waals surface area contributed by atoms with Crippen LogP contribution in [0.15, 0.2) is 41.8 Å². The van der Waals surface area contributed by atoms with Crippen molar-refractivity contribution < 1.29 is 14.3 Å². The highest BCUT2D eigenvalue weighted by atomic mass is 32.1. The molecule has 1 aromatic carbocycles. The Morgan fingerprint density at radius 3 is 2.65 bits per heavy atom. The molecule has 0 aliphatic rings. The maximum absolute atomic E-state index is 12.2. The van der Waals surface area contributed by atoms with E-state index >= 15 is 0 Å². The Labute approximate surface area is 140 Å². The molecule has 1 heterocycles. The van der Waals surface area contributed by atoms with Crippen LogP contribution in [-0.2, 0) is 9.53 Å². The first-order valence-corrected chi connectivity index (χ1v) is 8.59. The lowest BCUT2D eigenvalue weighted by Crippen LogP contribution is -2.35. The number of thiophene rings is 1. The summed E-state index contributed by atoms with van der Waals surface area (Å²) in [5, 5.41) is 4.66. The Morgan fingerprint density at radius 1 is 1.22 bits per heavy atom. The van der Waals surface area contributed by atoms with Crippen molar-refractivity contribution in [1.82, 2.24) is 5.32 Å². The normalized spacial score (nSPS) is 11.7. The standard InChI is InChI=1S/C18H21NO3S/c1-3-7-13(2)19-16(20)12-22-18(21)17-15(10-11-23-17)14-8-5-4-6-9-14/h4-6,8-11,13H,3,7,12H2,1-2H3,(H,19,20). The van der Waals surface area contributed by atoms with Gasteiger partial charge < -0.3 is 10.1 Å². The van der Waals surface area contributed by atoms with Gasteiger partial charge in [-0.05, 0) is 30.4 Å². The molecule has 0 saturated heterocycles. The van der Waals surface area contributed by atoms with Gasteiger partial charge in [-0.25, -0.2) is 4.79 Å². The molecule has 2 aromatic rings. The van der Waals surface area contributed by atoms with Crippen molar-refractivity contribution in [2.75, 3.05) is 6.61 Å². The molecule has 0 radical (unpaired) electrons. The van der Waals surface area contributed by atoms with Crippen LogP contribution in [0.3, 0.4) is 0 Å². The van der Waals surface area contributed by atoms with E-state index in [0.717, 1.165) is 24.0 Å². The van der Waals surface area contributed by atoms with Crippen molar-refractivity contribution in [2.45, 2.75) is 32.7 Å². The number of hydrogen-bond acceptors (Lipinski definition) is 4. The molecule has 0 fully saturated rings. The van der Waals surface area contributed by atoms with Gasteiger partial charge >= 0.3 is 5.97 Å². The molecule has 0 spiro atoms. The molecule has 4 nitrogen and oxygen atoms in total. The number of amides is 1. The van der Waals surface area contributed by atoms with Crippen LogP contribution in [0.2, 0.25) is 0 Å². The van der Waals surface area contributed by atoms with Crippen molar-refractivity contribution >= 4 is 23.2 Å². The lowest BCUT2D eigenvalue weighted by molar-refractivity contribution is -0.124. The molecule has 1 atom stereocenters. The molecular weight excluding hydrogens is 310 g/mol. The van der Waals surface area contributed by atoms with Crippen LogP contribution in [-0.4, -0.2) is 24.5 Å². The minimum Gasteiger partial charge on any atom is -0.451 e. The Kier molecular flexibility index (Phi) is 6.35. The van der Waals surface area contributed by atoms with E-state index in [1.165, 1.54) is 11.3 Å². The minimum absolute atomic E-state index is 0.0906. The van der Waals surface area contributed by atoms with Crippen molar-refractivity contribution in [1.29, 1.82) is 0 Å². The van der Waals surface area contributed by atoms with Crippen LogP contribution in [0.5, 0.6) is 0 Å². The van der Waals surface area contributed by atoms with Crippen LogP contribution in [0.4, 0.5) is 0 Å². The van der Waals surface area contributed by atoms with Gasteiger partial charge in [0.25, 0.3) is 5.91 Å². The molecule has 2 rings (SSSR count). The van der Waals surface area contributed by atoms with Crippen molar-refractivity contribution in [3.63, 3.8) is 0 Å². The van der Waals surface area contributed by atoms with Crippen LogP contribution in [0.1, 0.15) is 36.4 Å². The SMILES string of the molecule is CCCC(C)NC(=O)COC(=O)c1sccc1-c1ccccc1. The number of rotatable bonds is 7. The summed E-state index contributed by atoms with van der Waals surface area (Å²) in [5.74, 6) is -0.728. The Hall–Kier alpha value is -2.14. The molecular formula is C18H21NO3S. The Bertz CT molecular complexity index is 651. The summed E-state index contributed by atoms with van der Waals surface area (Å²) in [5.41, 5.74) is 1.79. The van der Waals surface area contributed by atoms with Gasteiger partial charge in [0.2, 0.25) is 0 Å². The van der Waals surface area contributed by atoms with Crippen LogP contribution in [0, 0.1) is 0 Å². The van der Waals surface area contributed by atoms with E-state index in [4.69, 9.17) is 4.74 Å². The van der Waals surface area contributed by atoms with Gasteiger partial charge in [-0.1, -0.05) is 43.7 Å². The summed E-state index contributed by atoms with van der Waals surface area (Å²) in [6, 6.07) is 11.6. The van der Waals surface area contributed by atoms with Gasteiger partial charge in [-0.3, -0.25) is 4.79 Å². The highest BCUT2D eigenvalue weighted by Gasteiger charge is 2.17. The number of carbonyl (C=O) groups is 2. The van der Waals surface area contributed by atoms with Gasteiger partial charge in [-0.2, -0.15) is 0 Å². The zero-order chi connectivity index (χ0) is 16.7. The molecule has 0 bridgehead atoms. The fourth-order valence-corrected chi connectivity index (χ4v) is 3.14. The lowest BCUT2D eigenvalue weighted by Gasteiger charge is -2.12. The summed E-state index contributed by atoms with van der Waals surface area (Å²) in [7, 11) is 0. The number of hydrogen-bond donors (Lipinski definition) is 1. The molecule has 1 aromatic heterocycles. The molecule has 1 amide bonds. The second-order valence-electron chi connectivity index (χ2n) is 5.36. The summed E-state index contributed by atoms with van der Waals surface area (Å²) in [6.45, 7) is 3.75. The van der Waals surface area contributed by atoms with E-state index in [1.54, 1.807) is 0 Å². The smallest absolute Gasteiger partial charge is 0.349 e. The summed E-state index contributed by atoms with van der Waals surface area (Å²) >= 11 is 1.32. The van der Waals surface area contributed by atoms with Crippen molar-refractivity contribution in [3.8, 4) is 11.1 Å². The number of nitrogens with one attached hydrogen (secondary N) is 1. The first-order valence-electron chi connectivity index (χ1n) is 7.71. The maximum atomic E-state index is 12.2. The van der Waals surface area contributed by atoms with E-state index < -0.39 is 5.97 Å². The van der Waals surface area contributed by atoms with Crippen LogP contribution < -0.4 is 5.32 Å². The first-order chi connectivity index (χ1) is 11.1. The van der Waals surface area contributed by atoms with E-state index in [2.05, 4.69) is 12.2 Å². The molecule has 0 saturated carbocycles. The van der Waals surface area contributed by atoms with Crippen molar-refractivity contribution in [2.24, 2.45) is 0 Å². The van der Waals surface area contributed by atoms with Gasteiger partial charge in [-0.15, -0.1) is 11.3 Å². The van der Waals surface area contributed by atoms with E-state index in [1.807, 2.05) is 48.7 Å². The monoisotopic (exact) mass is 331 g/mol. The number of carbonyl (C=O) groups excluding carboxylic acids is 2. The molecule has 0 aliphatic heterocycles. The molecule has 0 aliphatic carbocycles. The molecule has 5 heteroatoms. The fraction of sp³-hybridized carbons (Fsp3) is 0.333. The van der Waals surface area contributed by atoms with Crippen molar-refractivity contribution in [3.05, 3.63) is 46.7 Å². The largest absolute Gasteiger partial charge is 0.451 e. The second kappa shape index (κ2) is 8.48. The summed E-state index contributed by atoms with van der Waals surface area (Å²) < 4.78 is 5.15. The van der Waals surface area contributed by atoms with Gasteiger partial charge in [0.05, 0.1) is 0 Å². The van der Waals surface area contributed by atoms with Crippen LogP contribution in [0.25, 0.3) is 11.1 Å². The van der Waals surface area contributed by atoms with E-state index in [0.29, 0.717) is 4.88 Å².